The minimum Gasteiger partial charge on any atom is -0.395 e. The van der Waals surface area contributed by atoms with Crippen molar-refractivity contribution in [3.63, 3.8) is 0 Å². The average molecular weight is 557 g/mol. The first-order valence-electron chi connectivity index (χ1n) is 14.1. The monoisotopic (exact) mass is 556 g/mol. The molecule has 4 rings (SSSR count). The van der Waals surface area contributed by atoms with Gasteiger partial charge >= 0.3 is 0 Å². The van der Waals surface area contributed by atoms with E-state index in [4.69, 9.17) is 29.9 Å². The van der Waals surface area contributed by atoms with Gasteiger partial charge in [0.25, 0.3) is 0 Å². The number of hydrogen-bond acceptors (Lipinski definition) is 14. The molecule has 0 bridgehead atoms. The van der Waals surface area contributed by atoms with Crippen LogP contribution in [0.15, 0.2) is 0 Å². The number of ether oxygens (including phenoxy) is 2. The largest absolute Gasteiger partial charge is 0.395 e. The summed E-state index contributed by atoms with van der Waals surface area (Å²) in [5.74, 6) is 0. The Bertz CT molecular complexity index is 268. The number of morpholine rings is 2. The topological polar surface area (TPSA) is 196 Å². The molecule has 0 aromatic rings. The van der Waals surface area contributed by atoms with Gasteiger partial charge in [0.2, 0.25) is 0 Å². The maximum absolute atomic E-state index is 8.15. The molecule has 4 fully saturated rings. The fourth-order valence-electron chi connectivity index (χ4n) is 2.80. The summed E-state index contributed by atoms with van der Waals surface area (Å²) in [4.78, 5) is 0. The summed E-state index contributed by atoms with van der Waals surface area (Å²) in [6, 6.07) is 0. The molecule has 4 aliphatic rings. The van der Waals surface area contributed by atoms with E-state index in [-0.39, 0.29) is 26.4 Å². The van der Waals surface area contributed by atoms with Crippen molar-refractivity contribution in [2.24, 2.45) is 0 Å². The van der Waals surface area contributed by atoms with Gasteiger partial charge in [-0.05, 0) is 0 Å². The second kappa shape index (κ2) is 40.9. The third-order valence-electron chi connectivity index (χ3n) is 4.76. The first-order valence-corrected chi connectivity index (χ1v) is 14.1. The molecule has 12 N–H and O–H groups in total. The Hall–Kier alpha value is -0.560. The molecule has 0 amide bonds. The SMILES string of the molecule is C1CNCCN1.C1CNCCN1.C1COCCN1.C1COCCN1.OCCNCCO.OCCNCCO. The van der Waals surface area contributed by atoms with Crippen LogP contribution < -0.4 is 42.5 Å². The predicted octanol–water partition coefficient (Wildman–Crippen LogP) is -5.31. The van der Waals surface area contributed by atoms with E-state index in [1.165, 1.54) is 0 Å². The van der Waals surface area contributed by atoms with Gasteiger partial charge in [0, 0.05) is 105 Å². The molecular formula is C24H60N8O6. The molecule has 4 heterocycles. The lowest BCUT2D eigenvalue weighted by Crippen LogP contribution is -2.39. The van der Waals surface area contributed by atoms with E-state index >= 15 is 0 Å². The molecule has 0 atom stereocenters. The molecule has 0 aromatic carbocycles. The minimum atomic E-state index is 0.139. The van der Waals surface area contributed by atoms with Crippen LogP contribution in [0.2, 0.25) is 0 Å². The molecule has 0 unspecified atom stereocenters. The molecule has 0 spiro atoms. The van der Waals surface area contributed by atoms with Gasteiger partial charge in [0.15, 0.2) is 0 Å². The number of nitrogens with one attached hydrogen (secondary N) is 8. The Morgan fingerprint density at radius 1 is 0.368 bits per heavy atom. The van der Waals surface area contributed by atoms with Crippen LogP contribution in [0, 0.1) is 0 Å². The van der Waals surface area contributed by atoms with Gasteiger partial charge in [-0.25, -0.2) is 0 Å². The fourth-order valence-corrected chi connectivity index (χ4v) is 2.80. The van der Waals surface area contributed by atoms with Crippen molar-refractivity contribution >= 4 is 0 Å². The van der Waals surface area contributed by atoms with Crippen LogP contribution in [0.4, 0.5) is 0 Å². The average Bonchev–Trinajstić information content (AvgIpc) is 3.03. The zero-order chi connectivity index (χ0) is 28.0. The van der Waals surface area contributed by atoms with Crippen LogP contribution in [0.5, 0.6) is 0 Å². The van der Waals surface area contributed by atoms with E-state index < -0.39 is 0 Å². The highest BCUT2D eigenvalue weighted by Gasteiger charge is 1.94. The van der Waals surface area contributed by atoms with Crippen molar-refractivity contribution in [3.05, 3.63) is 0 Å². The number of rotatable bonds is 8. The minimum absolute atomic E-state index is 0.139. The second-order valence-corrected chi connectivity index (χ2v) is 8.12. The molecule has 0 saturated carbocycles. The Balaban J connectivity index is 0. The highest BCUT2D eigenvalue weighted by Crippen LogP contribution is 1.77. The second-order valence-electron chi connectivity index (χ2n) is 8.12. The summed E-state index contributed by atoms with van der Waals surface area (Å²) in [6.45, 7) is 19.6. The van der Waals surface area contributed by atoms with Crippen LogP contribution in [0.3, 0.4) is 0 Å². The Morgan fingerprint density at radius 3 is 0.684 bits per heavy atom. The molecule has 0 aliphatic carbocycles. The van der Waals surface area contributed by atoms with Crippen molar-refractivity contribution in [1.82, 2.24) is 42.5 Å². The molecule has 0 radical (unpaired) electrons. The lowest BCUT2D eigenvalue weighted by Gasteiger charge is -2.11. The Kier molecular flexibility index (Phi) is 42.6. The van der Waals surface area contributed by atoms with Crippen molar-refractivity contribution in [1.29, 1.82) is 0 Å². The maximum Gasteiger partial charge on any atom is 0.0591 e. The number of aliphatic hydroxyl groups is 4. The van der Waals surface area contributed by atoms with Crippen LogP contribution >= 0.6 is 0 Å². The molecule has 14 heteroatoms. The van der Waals surface area contributed by atoms with E-state index in [1.807, 2.05) is 0 Å². The van der Waals surface area contributed by atoms with Gasteiger partial charge in [-0.15, -0.1) is 0 Å². The smallest absolute Gasteiger partial charge is 0.0591 e. The van der Waals surface area contributed by atoms with Gasteiger partial charge < -0.3 is 72.4 Å². The molecule has 232 valence electrons. The fraction of sp³-hybridized carbons (Fsp3) is 1.00. The highest BCUT2D eigenvalue weighted by atomic mass is 16.5. The van der Waals surface area contributed by atoms with E-state index in [0.717, 1.165) is 105 Å². The molecular weight excluding hydrogens is 496 g/mol. The molecule has 0 aromatic heterocycles. The Labute approximate surface area is 230 Å². The lowest BCUT2D eigenvalue weighted by molar-refractivity contribution is 0.109. The van der Waals surface area contributed by atoms with Crippen LogP contribution in [-0.4, -0.2) is 178 Å². The van der Waals surface area contributed by atoms with E-state index in [9.17, 15) is 0 Å². The standard InChI is InChI=1S/2C4H10N2.2C4H11NO2.2C4H9NO/c2*1-2-6-4-3-5-1;2*6-3-1-5-2-4-7;2*1-3-6-4-2-5-1/h2*5-6H,1-4H2;2*5-7H,1-4H2;2*5H,1-4H2. The third kappa shape index (κ3) is 42.5. The predicted molar refractivity (Wildman–Crippen MR) is 153 cm³/mol. The third-order valence-corrected chi connectivity index (χ3v) is 4.76. The van der Waals surface area contributed by atoms with Crippen molar-refractivity contribution in [3.8, 4) is 0 Å². The zero-order valence-electron chi connectivity index (χ0n) is 23.6. The van der Waals surface area contributed by atoms with E-state index in [1.54, 1.807) is 0 Å². The van der Waals surface area contributed by atoms with E-state index in [0.29, 0.717) is 26.2 Å². The van der Waals surface area contributed by atoms with Crippen molar-refractivity contribution in [2.75, 3.05) is 158 Å². The van der Waals surface area contributed by atoms with Gasteiger partial charge in [-0.3, -0.25) is 0 Å². The summed E-state index contributed by atoms with van der Waals surface area (Å²) in [5, 5.41) is 57.4. The van der Waals surface area contributed by atoms with Crippen LogP contribution in [0.1, 0.15) is 0 Å². The van der Waals surface area contributed by atoms with Crippen LogP contribution in [-0.2, 0) is 9.47 Å². The summed E-state index contributed by atoms with van der Waals surface area (Å²) < 4.78 is 10.0. The molecule has 4 aliphatic heterocycles. The van der Waals surface area contributed by atoms with Crippen molar-refractivity contribution < 1.29 is 29.9 Å². The van der Waals surface area contributed by atoms with Gasteiger partial charge in [0.05, 0.1) is 52.9 Å². The number of piperazine rings is 2. The van der Waals surface area contributed by atoms with Crippen LogP contribution in [0.25, 0.3) is 0 Å². The summed E-state index contributed by atoms with van der Waals surface area (Å²) in [5.41, 5.74) is 0. The maximum atomic E-state index is 8.15. The molecule has 38 heavy (non-hydrogen) atoms. The van der Waals surface area contributed by atoms with Gasteiger partial charge in [0.1, 0.15) is 0 Å². The molecule has 14 nitrogen and oxygen atoms in total. The zero-order valence-corrected chi connectivity index (χ0v) is 23.6. The molecule has 4 saturated heterocycles. The lowest BCUT2D eigenvalue weighted by atomic mass is 10.4. The van der Waals surface area contributed by atoms with E-state index in [2.05, 4.69) is 42.5 Å². The Morgan fingerprint density at radius 2 is 0.579 bits per heavy atom. The summed E-state index contributed by atoms with van der Waals surface area (Å²) in [7, 11) is 0. The first-order chi connectivity index (χ1) is 18.8. The van der Waals surface area contributed by atoms with Gasteiger partial charge in [-0.2, -0.15) is 0 Å². The van der Waals surface area contributed by atoms with Crippen molar-refractivity contribution in [2.45, 2.75) is 0 Å². The number of aliphatic hydroxyl groups excluding tert-OH is 4. The normalized spacial score (nSPS) is 18.6. The highest BCUT2D eigenvalue weighted by molar-refractivity contribution is 4.59. The number of hydrogen-bond donors (Lipinski definition) is 12. The summed E-state index contributed by atoms with van der Waals surface area (Å²) in [6.07, 6.45) is 0. The summed E-state index contributed by atoms with van der Waals surface area (Å²) >= 11 is 0. The first kappa shape index (κ1) is 39.6. The van der Waals surface area contributed by atoms with Gasteiger partial charge in [-0.1, -0.05) is 0 Å². The quantitative estimate of drug-likeness (QED) is 0.127.